The maximum atomic E-state index is 13.4. The van der Waals surface area contributed by atoms with Crippen molar-refractivity contribution in [3.63, 3.8) is 0 Å². The van der Waals surface area contributed by atoms with E-state index in [9.17, 15) is 17.6 Å². The Morgan fingerprint density at radius 3 is 2.44 bits per heavy atom. The molecule has 0 amide bonds. The molecular formula is C18H17F4N3. The van der Waals surface area contributed by atoms with Gasteiger partial charge in [0, 0.05) is 12.2 Å². The molecule has 0 aliphatic heterocycles. The molecule has 132 valence electrons. The van der Waals surface area contributed by atoms with Crippen molar-refractivity contribution in [2.45, 2.75) is 12.2 Å². The van der Waals surface area contributed by atoms with Crippen molar-refractivity contribution < 1.29 is 17.6 Å². The molecule has 1 N–H and O–H groups in total. The summed E-state index contributed by atoms with van der Waals surface area (Å²) >= 11 is 0. The first-order chi connectivity index (χ1) is 11.7. The van der Waals surface area contributed by atoms with E-state index in [1.807, 2.05) is 4.90 Å². The molecule has 2 aromatic carbocycles. The summed E-state index contributed by atoms with van der Waals surface area (Å²) in [7, 11) is 3.61. The van der Waals surface area contributed by atoms with Crippen LogP contribution in [0.4, 0.5) is 23.2 Å². The van der Waals surface area contributed by atoms with Gasteiger partial charge in [0.15, 0.2) is 0 Å². The molecule has 2 rings (SSSR count). The fourth-order valence-corrected chi connectivity index (χ4v) is 2.51. The second kappa shape index (κ2) is 7.53. The number of halogens is 4. The zero-order chi connectivity index (χ0) is 18.6. The third kappa shape index (κ3) is 4.70. The zero-order valence-electron chi connectivity index (χ0n) is 13.7. The van der Waals surface area contributed by atoms with Crippen LogP contribution in [-0.2, 0) is 6.18 Å². The molecule has 0 spiro atoms. The maximum absolute atomic E-state index is 13.4. The Labute approximate surface area is 143 Å². The molecule has 0 heterocycles. The van der Waals surface area contributed by atoms with Crippen LogP contribution < -0.4 is 5.32 Å². The van der Waals surface area contributed by atoms with Crippen molar-refractivity contribution in [2.24, 2.45) is 0 Å². The van der Waals surface area contributed by atoms with Crippen LogP contribution in [0.25, 0.3) is 0 Å². The first-order valence-corrected chi connectivity index (χ1v) is 7.49. The topological polar surface area (TPSA) is 39.1 Å². The number of nitriles is 1. The fourth-order valence-electron chi connectivity index (χ4n) is 2.51. The molecule has 25 heavy (non-hydrogen) atoms. The van der Waals surface area contributed by atoms with Gasteiger partial charge in [-0.15, -0.1) is 0 Å². The van der Waals surface area contributed by atoms with Crippen LogP contribution in [0.5, 0.6) is 0 Å². The van der Waals surface area contributed by atoms with Crippen LogP contribution in [-0.4, -0.2) is 25.5 Å². The smallest absolute Gasteiger partial charge is 0.383 e. The van der Waals surface area contributed by atoms with E-state index in [-0.39, 0.29) is 24.1 Å². The Hall–Kier alpha value is -2.59. The first kappa shape index (κ1) is 18.7. The van der Waals surface area contributed by atoms with Crippen LogP contribution in [0, 0.1) is 17.1 Å². The van der Waals surface area contributed by atoms with Gasteiger partial charge in [-0.2, -0.15) is 18.4 Å². The highest BCUT2D eigenvalue weighted by Crippen LogP contribution is 2.33. The van der Waals surface area contributed by atoms with E-state index < -0.39 is 17.3 Å². The highest BCUT2D eigenvalue weighted by atomic mass is 19.4. The van der Waals surface area contributed by atoms with Crippen molar-refractivity contribution >= 4 is 5.69 Å². The first-order valence-electron chi connectivity index (χ1n) is 7.49. The monoisotopic (exact) mass is 351 g/mol. The maximum Gasteiger partial charge on any atom is 0.417 e. The van der Waals surface area contributed by atoms with E-state index in [4.69, 9.17) is 5.26 Å². The lowest BCUT2D eigenvalue weighted by molar-refractivity contribution is -0.137. The van der Waals surface area contributed by atoms with E-state index in [1.54, 1.807) is 32.3 Å². The summed E-state index contributed by atoms with van der Waals surface area (Å²) in [5.41, 5.74) is -0.448. The average molecular weight is 351 g/mol. The van der Waals surface area contributed by atoms with Gasteiger partial charge in [0.1, 0.15) is 5.82 Å². The highest BCUT2D eigenvalue weighted by molar-refractivity contribution is 5.53. The normalized spacial score (nSPS) is 12.7. The Balaban J connectivity index is 2.23. The van der Waals surface area contributed by atoms with Crippen molar-refractivity contribution in [3.05, 3.63) is 65.0 Å². The van der Waals surface area contributed by atoms with Gasteiger partial charge in [0.2, 0.25) is 0 Å². The van der Waals surface area contributed by atoms with Crippen molar-refractivity contribution in [3.8, 4) is 6.07 Å². The highest BCUT2D eigenvalue weighted by Gasteiger charge is 2.33. The largest absolute Gasteiger partial charge is 0.417 e. The number of rotatable bonds is 5. The van der Waals surface area contributed by atoms with Crippen LogP contribution >= 0.6 is 0 Å². The lowest BCUT2D eigenvalue weighted by atomic mass is 10.0. The summed E-state index contributed by atoms with van der Waals surface area (Å²) in [5, 5.41) is 11.8. The zero-order valence-corrected chi connectivity index (χ0v) is 13.7. The van der Waals surface area contributed by atoms with Gasteiger partial charge in [-0.25, -0.2) is 4.39 Å². The molecule has 0 aliphatic rings. The Kier molecular flexibility index (Phi) is 5.65. The average Bonchev–Trinajstić information content (AvgIpc) is 2.54. The summed E-state index contributed by atoms with van der Waals surface area (Å²) in [6.07, 6.45) is -4.60. The van der Waals surface area contributed by atoms with Crippen molar-refractivity contribution in [1.82, 2.24) is 4.90 Å². The third-order valence-electron chi connectivity index (χ3n) is 3.80. The number of nitrogens with zero attached hydrogens (tertiary/aromatic N) is 2. The summed E-state index contributed by atoms with van der Waals surface area (Å²) in [5.74, 6) is -0.373. The van der Waals surface area contributed by atoms with E-state index >= 15 is 0 Å². The quantitative estimate of drug-likeness (QED) is 0.810. The minimum atomic E-state index is -4.60. The Morgan fingerprint density at radius 1 is 1.16 bits per heavy atom. The number of hydrogen-bond donors (Lipinski definition) is 1. The van der Waals surface area contributed by atoms with Crippen molar-refractivity contribution in [2.75, 3.05) is 26.0 Å². The number of benzene rings is 2. The Bertz CT molecular complexity index is 779. The third-order valence-corrected chi connectivity index (χ3v) is 3.80. The fraction of sp³-hybridized carbons (Fsp3) is 0.278. The molecule has 0 fully saturated rings. The minimum Gasteiger partial charge on any atom is -0.383 e. The summed E-state index contributed by atoms with van der Waals surface area (Å²) < 4.78 is 52.5. The van der Waals surface area contributed by atoms with Gasteiger partial charge in [-0.05, 0) is 50.0 Å². The number of hydrogen-bond acceptors (Lipinski definition) is 3. The van der Waals surface area contributed by atoms with E-state index in [2.05, 4.69) is 5.32 Å². The molecule has 0 bridgehead atoms. The molecule has 7 heteroatoms. The van der Waals surface area contributed by atoms with E-state index in [0.717, 1.165) is 12.1 Å². The summed E-state index contributed by atoms with van der Waals surface area (Å²) in [6, 6.07) is 10.9. The number of likely N-dealkylation sites (N-methyl/N-ethyl adjacent to an activating group) is 1. The lowest BCUT2D eigenvalue weighted by Crippen LogP contribution is -2.27. The van der Waals surface area contributed by atoms with Gasteiger partial charge >= 0.3 is 6.18 Å². The second-order valence-corrected chi connectivity index (χ2v) is 5.79. The molecule has 1 atom stereocenters. The standard InChI is InChI=1S/C18H17F4N3/c1-25(2)17(12-4-3-5-14(19)8-12)11-24-15-7-6-13(10-23)16(9-15)18(20,21)22/h3-9,17,24H,11H2,1-2H3. The van der Waals surface area contributed by atoms with E-state index in [0.29, 0.717) is 5.56 Å². The molecular weight excluding hydrogens is 334 g/mol. The number of anilines is 1. The number of nitrogens with one attached hydrogen (secondary N) is 1. The lowest BCUT2D eigenvalue weighted by Gasteiger charge is -2.26. The molecule has 1 unspecified atom stereocenters. The SMILES string of the molecule is CN(C)C(CNc1ccc(C#N)c(C(F)(F)F)c1)c1cccc(F)c1. The molecule has 2 aromatic rings. The Morgan fingerprint density at radius 2 is 1.88 bits per heavy atom. The molecule has 0 saturated heterocycles. The van der Waals surface area contributed by atoms with Crippen LogP contribution in [0.3, 0.4) is 0 Å². The summed E-state index contributed by atoms with van der Waals surface area (Å²) in [4.78, 5) is 1.84. The molecule has 0 saturated carbocycles. The molecule has 0 aliphatic carbocycles. The van der Waals surface area contributed by atoms with Crippen LogP contribution in [0.15, 0.2) is 42.5 Å². The predicted octanol–water partition coefficient (Wildman–Crippen LogP) is 4.43. The summed E-state index contributed by atoms with van der Waals surface area (Å²) in [6.45, 7) is 0.277. The molecule has 3 nitrogen and oxygen atoms in total. The van der Waals surface area contributed by atoms with Crippen molar-refractivity contribution in [1.29, 1.82) is 5.26 Å². The predicted molar refractivity (Wildman–Crippen MR) is 87.5 cm³/mol. The molecule has 0 radical (unpaired) electrons. The van der Waals surface area contributed by atoms with Gasteiger partial charge in [-0.3, -0.25) is 0 Å². The van der Waals surface area contributed by atoms with Gasteiger partial charge in [0.25, 0.3) is 0 Å². The van der Waals surface area contributed by atoms with Crippen LogP contribution in [0.1, 0.15) is 22.7 Å². The second-order valence-electron chi connectivity index (χ2n) is 5.79. The van der Waals surface area contributed by atoms with Gasteiger partial charge in [0.05, 0.1) is 23.2 Å². The van der Waals surface area contributed by atoms with Crippen LogP contribution in [0.2, 0.25) is 0 Å². The van der Waals surface area contributed by atoms with E-state index in [1.165, 1.54) is 18.2 Å². The number of alkyl halides is 3. The molecule has 0 aromatic heterocycles. The minimum absolute atomic E-state index is 0.235. The van der Waals surface area contributed by atoms with Gasteiger partial charge < -0.3 is 10.2 Å². The van der Waals surface area contributed by atoms with Gasteiger partial charge in [-0.1, -0.05) is 12.1 Å².